The molecule has 3 aliphatic rings. The highest BCUT2D eigenvalue weighted by Crippen LogP contribution is 2.39. The van der Waals surface area contributed by atoms with E-state index in [1.54, 1.807) is 0 Å². The van der Waals surface area contributed by atoms with Crippen molar-refractivity contribution < 1.29 is 124 Å². The van der Waals surface area contributed by atoms with Crippen molar-refractivity contribution in [2.24, 2.45) is 0 Å². The highest BCUT2D eigenvalue weighted by molar-refractivity contribution is 5.70. The van der Waals surface area contributed by atoms with Crippen molar-refractivity contribution in [2.45, 2.75) is 348 Å². The van der Waals surface area contributed by atoms with Crippen molar-refractivity contribution in [1.29, 1.82) is 0 Å². The second kappa shape index (κ2) is 50.3. The van der Waals surface area contributed by atoms with Gasteiger partial charge in [-0.1, -0.05) is 181 Å². The van der Waals surface area contributed by atoms with Crippen LogP contribution in [0.15, 0.2) is 0 Å². The number of hydrogen-bond donors (Lipinski definition) is 0. The van der Waals surface area contributed by atoms with Gasteiger partial charge in [0.05, 0.1) is 13.2 Å². The van der Waals surface area contributed by atoms with E-state index in [0.29, 0.717) is 13.2 Å². The molecule has 0 aromatic rings. The van der Waals surface area contributed by atoms with E-state index >= 15 is 0 Å². The van der Waals surface area contributed by atoms with Crippen molar-refractivity contribution in [1.82, 2.24) is 0 Å². The largest absolute Gasteiger partial charge is 0.463 e. The molecule has 0 aliphatic carbocycles. The summed E-state index contributed by atoms with van der Waals surface area (Å²) in [4.78, 5) is 115. The van der Waals surface area contributed by atoms with Crippen LogP contribution in [0.1, 0.15) is 256 Å². The van der Waals surface area contributed by atoms with Gasteiger partial charge in [-0.25, -0.2) is 0 Å². The van der Waals surface area contributed by atoms with Gasteiger partial charge < -0.3 is 80.5 Å². The Balaban J connectivity index is 2.09. The van der Waals surface area contributed by atoms with Crippen molar-refractivity contribution >= 4 is 53.7 Å². The van der Waals surface area contributed by atoms with Gasteiger partial charge >= 0.3 is 53.7 Å². The first-order valence-corrected chi connectivity index (χ1v) is 35.6. The molecule has 0 radical (unpaired) electrons. The van der Waals surface area contributed by atoms with Crippen LogP contribution in [0.2, 0.25) is 0 Å². The fourth-order valence-corrected chi connectivity index (χ4v) is 11.9. The fourth-order valence-electron chi connectivity index (χ4n) is 11.9. The normalized spacial score (nSPS) is 25.0. The van der Waals surface area contributed by atoms with Crippen molar-refractivity contribution in [3.05, 3.63) is 0 Å². The number of carbonyl (C=O) groups excluding carboxylic acids is 9. The average molecular weight is 1380 g/mol. The molecule has 26 nitrogen and oxygen atoms in total. The molecule has 26 heteroatoms. The lowest BCUT2D eigenvalue weighted by Crippen LogP contribution is -2.65. The lowest BCUT2D eigenvalue weighted by molar-refractivity contribution is -0.346. The lowest BCUT2D eigenvalue weighted by atomic mass is 9.97. The van der Waals surface area contributed by atoms with Gasteiger partial charge in [0.1, 0.15) is 56.4 Å². The highest BCUT2D eigenvalue weighted by Gasteiger charge is 2.59. The third-order valence-electron chi connectivity index (χ3n) is 16.4. The average Bonchev–Trinajstić information content (AvgIpc) is 1.26. The topological polar surface area (TPSA) is 311 Å². The van der Waals surface area contributed by atoms with E-state index in [4.69, 9.17) is 80.5 Å². The Kier molecular flexibility index (Phi) is 44.6. The molecule has 3 saturated heterocycles. The molecule has 0 saturated carbocycles. The summed E-state index contributed by atoms with van der Waals surface area (Å²) in [6, 6.07) is 0. The summed E-state index contributed by atoms with van der Waals surface area (Å²) in [5, 5.41) is 0. The molecule has 96 heavy (non-hydrogen) atoms. The van der Waals surface area contributed by atoms with Crippen LogP contribution >= 0.6 is 0 Å². The second-order valence-electron chi connectivity index (χ2n) is 25.3. The number of unbranched alkanes of at least 4 members (excludes halogenated alkanes) is 26. The van der Waals surface area contributed by atoms with Crippen LogP contribution in [0.25, 0.3) is 0 Å². The Morgan fingerprint density at radius 2 is 0.573 bits per heavy atom. The zero-order chi connectivity index (χ0) is 70.6. The molecule has 3 aliphatic heterocycles. The van der Waals surface area contributed by atoms with Crippen molar-refractivity contribution in [3.8, 4) is 0 Å². The molecule has 0 aromatic carbocycles. The third-order valence-corrected chi connectivity index (χ3v) is 16.4. The van der Waals surface area contributed by atoms with Crippen molar-refractivity contribution in [3.63, 3.8) is 0 Å². The van der Waals surface area contributed by atoms with E-state index in [9.17, 15) is 43.2 Å². The SMILES string of the molecule is CCCCCCCCCCCCCCCCOCC(COC1O[C@H](COC(C)=O)[C@@H](O[C@H]2O[C@H](COC(C)=O)[C@@H](OC(C)=O)[C@H](OC(C)=O)[C@@H]2OC(C)=O)[C@@H]1O[C@H]1O[C@H](COC(C)=O)[C@@H](OC(C)=O)[C@H](OC(C)=O)[C@@H]1OC(C)=O)OCCCCCCCCCCCCCCCC. The van der Waals surface area contributed by atoms with E-state index in [2.05, 4.69) is 13.8 Å². The monoisotopic (exact) mass is 1370 g/mol. The third kappa shape index (κ3) is 36.1. The van der Waals surface area contributed by atoms with Gasteiger partial charge in [-0.15, -0.1) is 0 Å². The molecule has 0 bridgehead atoms. The van der Waals surface area contributed by atoms with Gasteiger partial charge in [-0.3, -0.25) is 43.2 Å². The van der Waals surface area contributed by atoms with Gasteiger partial charge in [0.2, 0.25) is 0 Å². The quantitative estimate of drug-likeness (QED) is 0.0310. The number of carbonyl (C=O) groups is 9. The minimum absolute atomic E-state index is 0.0938. The summed E-state index contributed by atoms with van der Waals surface area (Å²) in [5.41, 5.74) is 0. The lowest BCUT2D eigenvalue weighted by Gasteiger charge is -2.46. The number of ether oxygens (including phenoxy) is 17. The molecular formula is C70H118O26. The summed E-state index contributed by atoms with van der Waals surface area (Å²) >= 11 is 0. The minimum Gasteiger partial charge on any atom is -0.463 e. The molecule has 0 N–H and O–H groups in total. The van der Waals surface area contributed by atoms with Gasteiger partial charge in [-0.2, -0.15) is 0 Å². The van der Waals surface area contributed by atoms with Crippen LogP contribution in [0.5, 0.6) is 0 Å². The number of hydrogen-bond acceptors (Lipinski definition) is 26. The standard InChI is InChI=1S/C70H118O26/c1-12-14-16-18-20-22-24-26-28-30-32-34-36-38-40-80-42-56(81-41-39-37-35-33-31-29-27-25-23-21-19-17-15-13-2)43-85-68-65(96-70-67(91-55(11)79)64(89-53(9)77)61(87-51(7)75)58(94-70)45-83-48(4)72)62(59(92-68)46-84-49(5)73)95-69-66(90-54(10)78)63(88-52(8)76)60(86-50(6)74)57(93-69)44-82-47(3)71/h56-70H,12-46H2,1-11H3/t56?,57-,58-,59-,60-,61-,62-,63+,64+,65+,66+,67+,68?,69-,70-/m1/s1. The zero-order valence-corrected chi connectivity index (χ0v) is 59.5. The molecule has 3 heterocycles. The van der Waals surface area contributed by atoms with Crippen LogP contribution in [-0.2, 0) is 124 Å². The molecule has 0 amide bonds. The maximum absolute atomic E-state index is 13.1. The van der Waals surface area contributed by atoms with Crippen LogP contribution in [0.3, 0.4) is 0 Å². The Bertz CT molecular complexity index is 2230. The molecule has 0 aromatic heterocycles. The first-order valence-electron chi connectivity index (χ1n) is 35.6. The summed E-state index contributed by atoms with van der Waals surface area (Å²) in [5.74, 6) is -7.86. The molecular weight excluding hydrogens is 1260 g/mol. The van der Waals surface area contributed by atoms with Gasteiger partial charge in [0.15, 0.2) is 55.5 Å². The zero-order valence-electron chi connectivity index (χ0n) is 59.5. The molecule has 2 unspecified atom stereocenters. The van der Waals surface area contributed by atoms with Crippen molar-refractivity contribution in [2.75, 3.05) is 46.2 Å². The maximum atomic E-state index is 13.1. The number of rotatable bonds is 52. The van der Waals surface area contributed by atoms with E-state index in [0.717, 1.165) is 114 Å². The fraction of sp³-hybridized carbons (Fsp3) is 0.871. The second-order valence-corrected chi connectivity index (χ2v) is 25.3. The first kappa shape index (κ1) is 85.1. The molecule has 0 spiro atoms. The number of esters is 9. The predicted molar refractivity (Wildman–Crippen MR) is 346 cm³/mol. The smallest absolute Gasteiger partial charge is 0.303 e. The van der Waals surface area contributed by atoms with Crippen LogP contribution in [0.4, 0.5) is 0 Å². The minimum atomic E-state index is -1.90. The summed E-state index contributed by atoms with van der Waals surface area (Å²) in [6.07, 6.45) is 9.19. The Morgan fingerprint density at radius 3 is 0.906 bits per heavy atom. The van der Waals surface area contributed by atoms with Crippen LogP contribution < -0.4 is 0 Å². The molecule has 554 valence electrons. The van der Waals surface area contributed by atoms with Crippen LogP contribution in [0, 0.1) is 0 Å². The summed E-state index contributed by atoms with van der Waals surface area (Å²) < 4.78 is 103. The highest BCUT2D eigenvalue weighted by atomic mass is 16.8. The summed E-state index contributed by atoms with van der Waals surface area (Å²) in [7, 11) is 0. The Hall–Kier alpha value is -5.09. The molecule has 15 atom stereocenters. The van der Waals surface area contributed by atoms with E-state index in [-0.39, 0.29) is 13.2 Å². The van der Waals surface area contributed by atoms with E-state index in [1.165, 1.54) is 128 Å². The van der Waals surface area contributed by atoms with Gasteiger partial charge in [0, 0.05) is 75.5 Å². The van der Waals surface area contributed by atoms with Crippen LogP contribution in [-0.4, -0.2) is 192 Å². The first-order chi connectivity index (χ1) is 46.0. The predicted octanol–water partition coefficient (Wildman–Crippen LogP) is 10.6. The van der Waals surface area contributed by atoms with Gasteiger partial charge in [0.25, 0.3) is 0 Å². The molecule has 3 rings (SSSR count). The molecule has 3 fully saturated rings. The van der Waals surface area contributed by atoms with Gasteiger partial charge in [-0.05, 0) is 12.8 Å². The summed E-state index contributed by atoms with van der Waals surface area (Å²) in [6.45, 7) is 13.0. The Morgan fingerprint density at radius 1 is 0.292 bits per heavy atom. The Labute approximate surface area is 569 Å². The van der Waals surface area contributed by atoms with E-state index < -0.39 is 166 Å². The maximum Gasteiger partial charge on any atom is 0.303 e. The van der Waals surface area contributed by atoms with E-state index in [1.807, 2.05) is 0 Å².